The summed E-state index contributed by atoms with van der Waals surface area (Å²) in [5, 5.41) is 6.74. The minimum Gasteiger partial charge on any atom is -0.356 e. The number of amides is 1. The number of carbonyl (C=O) groups excluding carboxylic acids is 1. The summed E-state index contributed by atoms with van der Waals surface area (Å²) in [6.07, 6.45) is 8.34. The Bertz CT molecular complexity index is 829. The van der Waals surface area contributed by atoms with Gasteiger partial charge in [0.1, 0.15) is 5.82 Å². The van der Waals surface area contributed by atoms with Gasteiger partial charge in [0.25, 0.3) is 0 Å². The van der Waals surface area contributed by atoms with Crippen LogP contribution in [0.5, 0.6) is 0 Å². The quantitative estimate of drug-likeness (QED) is 0.649. The third-order valence-corrected chi connectivity index (χ3v) is 6.58. The molecule has 1 aromatic carbocycles. The predicted octanol–water partition coefficient (Wildman–Crippen LogP) is 3.16. The molecule has 0 aliphatic carbocycles. The highest BCUT2D eigenvalue weighted by Gasteiger charge is 2.36. The molecule has 3 heterocycles. The fourth-order valence-corrected chi connectivity index (χ4v) is 5.06. The van der Waals surface area contributed by atoms with E-state index in [0.29, 0.717) is 24.9 Å². The van der Waals surface area contributed by atoms with Gasteiger partial charge >= 0.3 is 0 Å². The van der Waals surface area contributed by atoms with Gasteiger partial charge in [-0.25, -0.2) is 4.39 Å². The van der Waals surface area contributed by atoms with Crippen molar-refractivity contribution in [1.29, 1.82) is 0 Å². The number of nitrogens with one attached hydrogen (secondary N) is 2. The van der Waals surface area contributed by atoms with Gasteiger partial charge in [-0.2, -0.15) is 0 Å². The first-order valence-corrected chi connectivity index (χ1v) is 11.5. The fourth-order valence-electron chi connectivity index (χ4n) is 5.06. The molecule has 2 fully saturated rings. The second-order valence-corrected chi connectivity index (χ2v) is 9.05. The van der Waals surface area contributed by atoms with Crippen LogP contribution in [0.1, 0.15) is 36.8 Å². The lowest BCUT2D eigenvalue weighted by molar-refractivity contribution is -0.121. The lowest BCUT2D eigenvalue weighted by Gasteiger charge is -2.46. The average molecular weight is 425 g/mol. The highest BCUT2D eigenvalue weighted by atomic mass is 19.1. The van der Waals surface area contributed by atoms with Crippen LogP contribution in [0.25, 0.3) is 0 Å². The number of hydrogen-bond donors (Lipinski definition) is 2. The second kappa shape index (κ2) is 10.8. The normalized spacial score (nSPS) is 23.5. The predicted molar refractivity (Wildman–Crippen MR) is 120 cm³/mol. The van der Waals surface area contributed by atoms with Crippen molar-refractivity contribution >= 4 is 5.91 Å². The monoisotopic (exact) mass is 424 g/mol. The van der Waals surface area contributed by atoms with E-state index in [1.807, 2.05) is 18.5 Å². The molecule has 0 spiro atoms. The first kappa shape index (κ1) is 21.9. The third kappa shape index (κ3) is 6.58. The summed E-state index contributed by atoms with van der Waals surface area (Å²) in [6.45, 7) is 4.92. The van der Waals surface area contributed by atoms with Crippen LogP contribution in [0, 0.1) is 17.7 Å². The third-order valence-electron chi connectivity index (χ3n) is 6.58. The van der Waals surface area contributed by atoms with Gasteiger partial charge in [0.2, 0.25) is 5.91 Å². The smallest absolute Gasteiger partial charge is 0.220 e. The number of benzene rings is 1. The molecular weight excluding hydrogens is 391 g/mol. The summed E-state index contributed by atoms with van der Waals surface area (Å²) in [5.41, 5.74) is 2.32. The minimum absolute atomic E-state index is 0.109. The standard InChI is InChI=1S/C25H33FN4O/c26-23-8-6-19(7-9-23)10-12-28-25(31)5-1-4-24-22-13-21(15-29-24)17-30(18-22)16-20-3-2-11-27-14-20/h2-3,6-9,11,14,21-22,24,29H,1,4-5,10,12-13,15-18H2,(H,28,31)/t21-,22-,24+/m0/s1. The number of aromatic nitrogens is 1. The lowest BCUT2D eigenvalue weighted by atomic mass is 9.79. The molecule has 2 bridgehead atoms. The number of halogens is 1. The van der Waals surface area contributed by atoms with E-state index >= 15 is 0 Å². The van der Waals surface area contributed by atoms with Crippen molar-refractivity contribution in [3.63, 3.8) is 0 Å². The Morgan fingerprint density at radius 1 is 1.19 bits per heavy atom. The first-order valence-electron chi connectivity index (χ1n) is 11.5. The zero-order valence-corrected chi connectivity index (χ0v) is 18.1. The van der Waals surface area contributed by atoms with Gasteiger partial charge in [0, 0.05) is 51.0 Å². The SMILES string of the molecule is O=C(CCC[C@H]1NC[C@@H]2C[C@H]1CN(Cc1cccnc1)C2)NCCc1ccc(F)cc1. The molecule has 3 atom stereocenters. The Labute approximate surface area is 184 Å². The van der Waals surface area contributed by atoms with E-state index in [1.165, 1.54) is 24.1 Å². The molecule has 5 nitrogen and oxygen atoms in total. The summed E-state index contributed by atoms with van der Waals surface area (Å²) in [7, 11) is 0. The van der Waals surface area contributed by atoms with E-state index in [0.717, 1.165) is 56.9 Å². The Balaban J connectivity index is 1.16. The summed E-state index contributed by atoms with van der Waals surface area (Å²) in [5.74, 6) is 1.26. The Morgan fingerprint density at radius 3 is 2.87 bits per heavy atom. The minimum atomic E-state index is -0.228. The van der Waals surface area contributed by atoms with Gasteiger partial charge in [-0.05, 0) is 73.4 Å². The number of piperidine rings is 2. The summed E-state index contributed by atoms with van der Waals surface area (Å²) < 4.78 is 12.9. The van der Waals surface area contributed by atoms with Crippen molar-refractivity contribution in [2.24, 2.45) is 11.8 Å². The van der Waals surface area contributed by atoms with Crippen LogP contribution in [0.3, 0.4) is 0 Å². The van der Waals surface area contributed by atoms with E-state index in [9.17, 15) is 9.18 Å². The maximum Gasteiger partial charge on any atom is 0.220 e. The van der Waals surface area contributed by atoms with Crippen LogP contribution >= 0.6 is 0 Å². The Kier molecular flexibility index (Phi) is 7.65. The summed E-state index contributed by atoms with van der Waals surface area (Å²) >= 11 is 0. The van der Waals surface area contributed by atoms with Crippen molar-refractivity contribution in [3.8, 4) is 0 Å². The molecule has 2 aliphatic rings. The molecule has 2 saturated heterocycles. The average Bonchev–Trinajstić information content (AvgIpc) is 2.77. The van der Waals surface area contributed by atoms with E-state index in [2.05, 4.69) is 26.6 Å². The molecule has 1 amide bonds. The first-order chi connectivity index (χ1) is 15.2. The van der Waals surface area contributed by atoms with Crippen LogP contribution in [0.15, 0.2) is 48.8 Å². The molecule has 31 heavy (non-hydrogen) atoms. The maximum absolute atomic E-state index is 12.9. The number of pyridine rings is 1. The Hall–Kier alpha value is -2.31. The molecule has 166 valence electrons. The van der Waals surface area contributed by atoms with Crippen molar-refractivity contribution in [2.75, 3.05) is 26.2 Å². The van der Waals surface area contributed by atoms with E-state index in [1.54, 1.807) is 12.1 Å². The highest BCUT2D eigenvalue weighted by molar-refractivity contribution is 5.75. The van der Waals surface area contributed by atoms with E-state index in [-0.39, 0.29) is 11.7 Å². The zero-order chi connectivity index (χ0) is 21.5. The molecule has 0 saturated carbocycles. The maximum atomic E-state index is 12.9. The summed E-state index contributed by atoms with van der Waals surface area (Å²) in [4.78, 5) is 19.0. The second-order valence-electron chi connectivity index (χ2n) is 9.05. The number of likely N-dealkylation sites (tertiary alicyclic amines) is 1. The van der Waals surface area contributed by atoms with Gasteiger partial charge in [0.15, 0.2) is 0 Å². The molecular formula is C25H33FN4O. The van der Waals surface area contributed by atoms with Gasteiger partial charge < -0.3 is 10.6 Å². The molecule has 0 radical (unpaired) electrons. The molecule has 4 rings (SSSR count). The topological polar surface area (TPSA) is 57.3 Å². The van der Waals surface area contributed by atoms with Crippen molar-refractivity contribution < 1.29 is 9.18 Å². The number of fused-ring (bicyclic) bond motifs is 2. The molecule has 1 aromatic heterocycles. The van der Waals surface area contributed by atoms with Gasteiger partial charge in [-0.15, -0.1) is 0 Å². The molecule has 2 N–H and O–H groups in total. The number of hydrogen-bond acceptors (Lipinski definition) is 4. The molecule has 0 unspecified atom stereocenters. The summed E-state index contributed by atoms with van der Waals surface area (Å²) in [6, 6.07) is 11.1. The highest BCUT2D eigenvalue weighted by Crippen LogP contribution is 2.31. The largest absolute Gasteiger partial charge is 0.356 e. The molecule has 6 heteroatoms. The van der Waals surface area contributed by atoms with Crippen LogP contribution in [0.4, 0.5) is 4.39 Å². The van der Waals surface area contributed by atoms with Crippen LogP contribution in [-0.2, 0) is 17.8 Å². The Morgan fingerprint density at radius 2 is 2.06 bits per heavy atom. The van der Waals surface area contributed by atoms with Crippen LogP contribution < -0.4 is 10.6 Å². The van der Waals surface area contributed by atoms with Crippen molar-refractivity contribution in [3.05, 3.63) is 65.7 Å². The number of carbonyl (C=O) groups is 1. The van der Waals surface area contributed by atoms with Gasteiger partial charge in [0.05, 0.1) is 0 Å². The van der Waals surface area contributed by atoms with Crippen molar-refractivity contribution in [1.82, 2.24) is 20.5 Å². The van der Waals surface area contributed by atoms with E-state index in [4.69, 9.17) is 0 Å². The fraction of sp³-hybridized carbons (Fsp3) is 0.520. The van der Waals surface area contributed by atoms with Gasteiger partial charge in [-0.3, -0.25) is 14.7 Å². The lowest BCUT2D eigenvalue weighted by Crippen LogP contribution is -2.55. The van der Waals surface area contributed by atoms with E-state index < -0.39 is 0 Å². The molecule has 2 aliphatic heterocycles. The molecule has 2 aromatic rings. The number of rotatable bonds is 9. The van der Waals surface area contributed by atoms with Crippen LogP contribution in [-0.4, -0.2) is 48.0 Å². The zero-order valence-electron chi connectivity index (χ0n) is 18.1. The number of nitrogens with zero attached hydrogens (tertiary/aromatic N) is 2. The van der Waals surface area contributed by atoms with Crippen LogP contribution in [0.2, 0.25) is 0 Å². The van der Waals surface area contributed by atoms with Crippen molar-refractivity contribution in [2.45, 2.75) is 44.7 Å². The van der Waals surface area contributed by atoms with Gasteiger partial charge in [-0.1, -0.05) is 18.2 Å².